The minimum absolute atomic E-state index is 0.544. The van der Waals surface area contributed by atoms with Gasteiger partial charge in [0.25, 0.3) is 0 Å². The molecule has 4 rings (SSSR count). The van der Waals surface area contributed by atoms with Crippen molar-refractivity contribution in [3.63, 3.8) is 0 Å². The second kappa shape index (κ2) is 12.2. The van der Waals surface area contributed by atoms with Crippen LogP contribution in [-0.2, 0) is 10.3 Å². The van der Waals surface area contributed by atoms with E-state index in [1.54, 1.807) is 0 Å². The summed E-state index contributed by atoms with van der Waals surface area (Å²) in [5.41, 5.74) is 3.13. The van der Waals surface area contributed by atoms with Crippen LogP contribution in [0.3, 0.4) is 0 Å². The van der Waals surface area contributed by atoms with Crippen molar-refractivity contribution in [2.75, 3.05) is 13.2 Å². The third kappa shape index (κ3) is 5.39. The van der Waals surface area contributed by atoms with Crippen LogP contribution in [0.1, 0.15) is 88.3 Å². The molecule has 0 N–H and O–H groups in total. The highest BCUT2D eigenvalue weighted by Gasteiger charge is 2.41. The number of hydrogen-bond acceptors (Lipinski definition) is 2. The van der Waals surface area contributed by atoms with Gasteiger partial charge in [-0.25, -0.2) is 0 Å². The van der Waals surface area contributed by atoms with E-state index in [4.69, 9.17) is 9.47 Å². The Kier molecular flexibility index (Phi) is 8.82. The molecule has 180 valence electrons. The van der Waals surface area contributed by atoms with Crippen LogP contribution < -0.4 is 4.74 Å². The van der Waals surface area contributed by atoms with E-state index >= 15 is 0 Å². The molecule has 0 amide bonds. The topological polar surface area (TPSA) is 18.5 Å². The van der Waals surface area contributed by atoms with Gasteiger partial charge in [-0.3, -0.25) is 0 Å². The zero-order valence-corrected chi connectivity index (χ0v) is 21.0. The van der Waals surface area contributed by atoms with Gasteiger partial charge in [0.15, 0.2) is 0 Å². The van der Waals surface area contributed by atoms with Gasteiger partial charge in [0.2, 0.25) is 0 Å². The van der Waals surface area contributed by atoms with Crippen molar-refractivity contribution >= 4 is 16.8 Å². The van der Waals surface area contributed by atoms with Gasteiger partial charge < -0.3 is 9.47 Å². The Morgan fingerprint density at radius 1 is 0.735 bits per heavy atom. The van der Waals surface area contributed by atoms with E-state index in [0.29, 0.717) is 0 Å². The van der Waals surface area contributed by atoms with E-state index in [2.05, 4.69) is 86.7 Å². The van der Waals surface area contributed by atoms with Crippen LogP contribution >= 0.6 is 0 Å². The molecule has 3 aromatic carbocycles. The summed E-state index contributed by atoms with van der Waals surface area (Å²) in [6, 6.07) is 21.8. The van der Waals surface area contributed by atoms with Gasteiger partial charge >= 0.3 is 0 Å². The van der Waals surface area contributed by atoms with Crippen LogP contribution in [0.25, 0.3) is 16.8 Å². The summed E-state index contributed by atoms with van der Waals surface area (Å²) >= 11 is 0. The Hall–Kier alpha value is -2.58. The summed E-state index contributed by atoms with van der Waals surface area (Å²) in [7, 11) is 0. The van der Waals surface area contributed by atoms with Crippen molar-refractivity contribution in [2.24, 2.45) is 0 Å². The monoisotopic (exact) mass is 456 g/mol. The van der Waals surface area contributed by atoms with Crippen molar-refractivity contribution in [3.8, 4) is 5.75 Å². The minimum atomic E-state index is -0.544. The molecule has 1 unspecified atom stereocenters. The molecule has 0 aliphatic heterocycles. The number of unbranched alkanes of at least 4 members (excludes halogenated alkanes) is 6. The van der Waals surface area contributed by atoms with Gasteiger partial charge in [-0.2, -0.15) is 0 Å². The van der Waals surface area contributed by atoms with Crippen LogP contribution in [0, 0.1) is 0 Å². The maximum absolute atomic E-state index is 6.99. The summed E-state index contributed by atoms with van der Waals surface area (Å²) in [5, 5.41) is 2.46. The van der Waals surface area contributed by atoms with Crippen LogP contribution in [0.2, 0.25) is 0 Å². The SMILES string of the molecule is CCCCCCOc1ccc2ccccc2c1C1(OCCCCCC)CC=Cc2ccccc21. The van der Waals surface area contributed by atoms with Gasteiger partial charge in [0, 0.05) is 18.6 Å². The maximum atomic E-state index is 6.99. The van der Waals surface area contributed by atoms with Crippen molar-refractivity contribution in [1.82, 2.24) is 0 Å². The fourth-order valence-corrected chi connectivity index (χ4v) is 5.19. The highest BCUT2D eigenvalue weighted by Crippen LogP contribution is 2.49. The van der Waals surface area contributed by atoms with Crippen LogP contribution in [-0.4, -0.2) is 13.2 Å². The minimum Gasteiger partial charge on any atom is -0.493 e. The zero-order chi connectivity index (χ0) is 23.6. The molecule has 1 aliphatic carbocycles. The predicted molar refractivity (Wildman–Crippen MR) is 145 cm³/mol. The average molecular weight is 457 g/mol. The molecule has 2 heteroatoms. The Balaban J connectivity index is 1.78. The summed E-state index contributed by atoms with van der Waals surface area (Å²) in [5.74, 6) is 0.967. The number of rotatable bonds is 13. The lowest BCUT2D eigenvalue weighted by Crippen LogP contribution is -2.34. The fourth-order valence-electron chi connectivity index (χ4n) is 5.19. The summed E-state index contributed by atoms with van der Waals surface area (Å²) in [6.45, 7) is 6.00. The zero-order valence-electron chi connectivity index (χ0n) is 21.0. The van der Waals surface area contributed by atoms with Crippen molar-refractivity contribution < 1.29 is 9.47 Å². The van der Waals surface area contributed by atoms with Gasteiger partial charge in [-0.15, -0.1) is 0 Å². The van der Waals surface area contributed by atoms with Gasteiger partial charge in [0.1, 0.15) is 11.4 Å². The molecule has 0 saturated heterocycles. The lowest BCUT2D eigenvalue weighted by atomic mass is 9.75. The Morgan fingerprint density at radius 3 is 2.29 bits per heavy atom. The van der Waals surface area contributed by atoms with E-state index in [0.717, 1.165) is 38.2 Å². The summed E-state index contributed by atoms with van der Waals surface area (Å²) in [4.78, 5) is 0. The molecule has 1 aliphatic rings. The molecule has 0 spiro atoms. The molecule has 0 radical (unpaired) electrons. The second-order valence-electron chi connectivity index (χ2n) is 9.50. The normalized spacial score (nSPS) is 17.1. The Bertz CT molecular complexity index is 1080. The first kappa shape index (κ1) is 24.5. The standard InChI is InChI=1S/C32H40O2/c1-3-5-7-13-24-33-30-22-21-26-16-9-11-19-28(26)31(30)32(34-25-14-8-6-4-2)23-15-18-27-17-10-12-20-29(27)32/h9-12,15-22H,3-8,13-14,23-25H2,1-2H3. The predicted octanol–water partition coefficient (Wildman–Crippen LogP) is 9.06. The molecule has 0 fully saturated rings. The highest BCUT2D eigenvalue weighted by atomic mass is 16.5. The van der Waals surface area contributed by atoms with Crippen molar-refractivity contribution in [1.29, 1.82) is 0 Å². The Labute approximate surface area is 206 Å². The molecule has 0 bridgehead atoms. The molecule has 2 nitrogen and oxygen atoms in total. The molecule has 0 saturated carbocycles. The van der Waals surface area contributed by atoms with Crippen molar-refractivity contribution in [3.05, 3.63) is 83.4 Å². The Morgan fingerprint density at radius 2 is 1.47 bits per heavy atom. The van der Waals surface area contributed by atoms with E-state index < -0.39 is 5.60 Å². The van der Waals surface area contributed by atoms with E-state index in [-0.39, 0.29) is 0 Å². The molecule has 0 heterocycles. The van der Waals surface area contributed by atoms with E-state index in [9.17, 15) is 0 Å². The third-order valence-electron chi connectivity index (χ3n) is 7.00. The fraction of sp³-hybridized carbons (Fsp3) is 0.438. The molecule has 34 heavy (non-hydrogen) atoms. The first-order valence-corrected chi connectivity index (χ1v) is 13.3. The van der Waals surface area contributed by atoms with Gasteiger partial charge in [-0.1, -0.05) is 119 Å². The summed E-state index contributed by atoms with van der Waals surface area (Å²) in [6.07, 6.45) is 14.9. The third-order valence-corrected chi connectivity index (χ3v) is 7.00. The number of hydrogen-bond donors (Lipinski definition) is 0. The molecule has 3 aromatic rings. The van der Waals surface area contributed by atoms with E-state index in [1.807, 2.05) is 0 Å². The summed E-state index contributed by atoms with van der Waals surface area (Å²) < 4.78 is 13.5. The largest absolute Gasteiger partial charge is 0.493 e. The number of benzene rings is 3. The first-order chi connectivity index (χ1) is 16.8. The number of ether oxygens (including phenoxy) is 2. The molecular formula is C32H40O2. The van der Waals surface area contributed by atoms with E-state index in [1.165, 1.54) is 66.0 Å². The van der Waals surface area contributed by atoms with Crippen LogP contribution in [0.4, 0.5) is 0 Å². The van der Waals surface area contributed by atoms with Crippen LogP contribution in [0.15, 0.2) is 66.7 Å². The average Bonchev–Trinajstić information content (AvgIpc) is 2.88. The van der Waals surface area contributed by atoms with Crippen molar-refractivity contribution in [2.45, 2.75) is 77.2 Å². The second-order valence-corrected chi connectivity index (χ2v) is 9.50. The van der Waals surface area contributed by atoms with Gasteiger partial charge in [-0.05, 0) is 40.8 Å². The lowest BCUT2D eigenvalue weighted by molar-refractivity contribution is -0.0199. The lowest BCUT2D eigenvalue weighted by Gasteiger charge is -2.39. The first-order valence-electron chi connectivity index (χ1n) is 13.3. The number of fused-ring (bicyclic) bond motifs is 2. The molecule has 0 aromatic heterocycles. The van der Waals surface area contributed by atoms with Gasteiger partial charge in [0.05, 0.1) is 6.61 Å². The smallest absolute Gasteiger partial charge is 0.126 e. The molecule has 1 atom stereocenters. The maximum Gasteiger partial charge on any atom is 0.126 e. The quantitative estimate of drug-likeness (QED) is 0.239. The van der Waals surface area contributed by atoms with Crippen LogP contribution in [0.5, 0.6) is 5.75 Å². The molecular weight excluding hydrogens is 416 g/mol. The highest BCUT2D eigenvalue weighted by molar-refractivity contribution is 5.90.